The van der Waals surface area contributed by atoms with Gasteiger partial charge in [0.15, 0.2) is 0 Å². The van der Waals surface area contributed by atoms with Crippen molar-refractivity contribution in [1.82, 2.24) is 19.9 Å². The molecule has 1 aliphatic carbocycles. The van der Waals surface area contributed by atoms with E-state index in [9.17, 15) is 9.90 Å². The van der Waals surface area contributed by atoms with Crippen molar-refractivity contribution in [3.05, 3.63) is 93.6 Å². The molecule has 3 aromatic heterocycles. The molecule has 1 saturated carbocycles. The van der Waals surface area contributed by atoms with Gasteiger partial charge < -0.3 is 34.2 Å². The zero-order valence-corrected chi connectivity index (χ0v) is 29.3. The van der Waals surface area contributed by atoms with Gasteiger partial charge in [-0.3, -0.25) is 4.79 Å². The third-order valence-electron chi connectivity index (χ3n) is 10.2. The Morgan fingerprint density at radius 2 is 1.96 bits per heavy atom. The number of thiazole rings is 1. The number of nitrogens with one attached hydrogen (secondary N) is 2. The highest BCUT2D eigenvalue weighted by molar-refractivity contribution is 7.09. The van der Waals surface area contributed by atoms with Crippen LogP contribution in [0.3, 0.4) is 0 Å². The summed E-state index contributed by atoms with van der Waals surface area (Å²) in [6, 6.07) is 17.8. The van der Waals surface area contributed by atoms with E-state index in [0.29, 0.717) is 36.8 Å². The van der Waals surface area contributed by atoms with Gasteiger partial charge in [-0.1, -0.05) is 25.3 Å². The number of aliphatic hydroxyl groups is 1. The first-order valence-electron chi connectivity index (χ1n) is 17.5. The fraction of sp³-hybridized carbons (Fsp3) is 0.350. The van der Waals surface area contributed by atoms with Crippen LogP contribution in [0.25, 0.3) is 33.1 Å². The quantitative estimate of drug-likeness (QED) is 0.134. The van der Waals surface area contributed by atoms with Gasteiger partial charge in [0, 0.05) is 57.0 Å². The molecule has 0 spiro atoms. The molecule has 3 N–H and O–H groups in total. The number of aryl methyl sites for hydroxylation is 1. The third-order valence-corrected chi connectivity index (χ3v) is 11.0. The Hall–Kier alpha value is -4.80. The molecular formula is C40H42N4O5S. The van der Waals surface area contributed by atoms with Crippen LogP contribution in [0.1, 0.15) is 76.3 Å². The van der Waals surface area contributed by atoms with Crippen molar-refractivity contribution >= 4 is 39.0 Å². The lowest BCUT2D eigenvalue weighted by molar-refractivity contribution is 0.0936. The van der Waals surface area contributed by atoms with Gasteiger partial charge in [-0.15, -0.1) is 11.3 Å². The molecule has 0 saturated heterocycles. The summed E-state index contributed by atoms with van der Waals surface area (Å²) in [5.74, 6) is 2.63. The lowest BCUT2D eigenvalue weighted by Gasteiger charge is -2.23. The van der Waals surface area contributed by atoms with E-state index in [1.165, 1.54) is 48.7 Å². The summed E-state index contributed by atoms with van der Waals surface area (Å²) in [6.45, 7) is 3.38. The van der Waals surface area contributed by atoms with Crippen LogP contribution in [-0.2, 0) is 13.0 Å². The predicted octanol–water partition coefficient (Wildman–Crippen LogP) is 8.09. The molecule has 0 radical (unpaired) electrons. The number of nitrogens with zero attached hydrogens (tertiary/aromatic N) is 2. The maximum absolute atomic E-state index is 14.2. The Kier molecular flexibility index (Phi) is 8.97. The standard InChI is InChI=1S/C40H42N4O5S/c1-24-42-35(23-50-24)34(18-27-22-41-33-13-10-29(20-32(27)33)48-17-15-45)43-40(46)26-8-11-30-36(19-26)44-14-16-49-37-21-28(47-2)9-12-31(37)39(44)38(30)25-6-4-3-5-7-25/h8-13,19-23,25,34,41,45H,3-7,14-18H2,1-2H3,(H,43,46)/t34-/m0/s1. The van der Waals surface area contributed by atoms with E-state index < -0.39 is 0 Å². The van der Waals surface area contributed by atoms with E-state index in [1.54, 1.807) is 18.4 Å². The van der Waals surface area contributed by atoms with Crippen molar-refractivity contribution in [2.45, 2.75) is 64.0 Å². The Morgan fingerprint density at radius 1 is 1.10 bits per heavy atom. The molecule has 3 aromatic carbocycles. The average Bonchev–Trinajstić information content (AvgIpc) is 3.82. The molecule has 1 amide bonds. The monoisotopic (exact) mass is 690 g/mol. The summed E-state index contributed by atoms with van der Waals surface area (Å²) in [6.07, 6.45) is 8.61. The number of amides is 1. The first-order chi connectivity index (χ1) is 24.5. The number of rotatable bonds is 10. The van der Waals surface area contributed by atoms with E-state index in [2.05, 4.69) is 33.1 Å². The lowest BCUT2D eigenvalue weighted by Crippen LogP contribution is -2.30. The number of hydrogen-bond acceptors (Lipinski definition) is 7. The van der Waals surface area contributed by atoms with Gasteiger partial charge in [0.05, 0.1) is 42.7 Å². The van der Waals surface area contributed by atoms with Crippen LogP contribution in [0.15, 0.2) is 66.2 Å². The topological polar surface area (TPSA) is 111 Å². The van der Waals surface area contributed by atoms with Crippen LogP contribution >= 0.6 is 11.3 Å². The van der Waals surface area contributed by atoms with Crippen LogP contribution in [0.2, 0.25) is 0 Å². The largest absolute Gasteiger partial charge is 0.497 e. The minimum Gasteiger partial charge on any atom is -0.497 e. The fourth-order valence-corrected chi connectivity index (χ4v) is 8.51. The van der Waals surface area contributed by atoms with Crippen LogP contribution < -0.4 is 19.5 Å². The number of aromatic nitrogens is 3. The van der Waals surface area contributed by atoms with Crippen LogP contribution in [0.4, 0.5) is 0 Å². The number of carbonyl (C=O) groups is 1. The van der Waals surface area contributed by atoms with E-state index in [0.717, 1.165) is 49.7 Å². The Morgan fingerprint density at radius 3 is 2.76 bits per heavy atom. The number of carbonyl (C=O) groups excluding carboxylic acids is 1. The summed E-state index contributed by atoms with van der Waals surface area (Å²) in [7, 11) is 1.68. The highest BCUT2D eigenvalue weighted by Gasteiger charge is 2.30. The highest BCUT2D eigenvalue weighted by atomic mass is 32.1. The predicted molar refractivity (Wildman–Crippen MR) is 197 cm³/mol. The molecule has 0 unspecified atom stereocenters. The number of benzene rings is 3. The zero-order valence-electron chi connectivity index (χ0n) is 28.5. The molecule has 10 heteroatoms. The number of hydrogen-bond donors (Lipinski definition) is 3. The molecule has 258 valence electrons. The molecule has 0 bridgehead atoms. The minimum absolute atomic E-state index is 0.0503. The van der Waals surface area contributed by atoms with Crippen molar-refractivity contribution in [3.63, 3.8) is 0 Å². The third kappa shape index (κ3) is 6.11. The SMILES string of the molecule is COc1ccc2c(c1)OCCn1c-2c(C2CCCCC2)c2ccc(C(=O)N[C@@H](Cc3c[nH]c4ccc(OCCO)cc34)c3csc(C)n3)cc21. The Bertz CT molecular complexity index is 2180. The molecule has 2 aliphatic rings. The van der Waals surface area contributed by atoms with Gasteiger partial charge >= 0.3 is 0 Å². The van der Waals surface area contributed by atoms with Crippen LogP contribution in [0.5, 0.6) is 17.2 Å². The van der Waals surface area contributed by atoms with Gasteiger partial charge in [0.2, 0.25) is 0 Å². The molecule has 50 heavy (non-hydrogen) atoms. The Balaban J connectivity index is 1.16. The molecule has 1 atom stereocenters. The van der Waals surface area contributed by atoms with Gasteiger partial charge in [0.25, 0.3) is 5.91 Å². The van der Waals surface area contributed by atoms with Gasteiger partial charge in [-0.05, 0) is 79.3 Å². The average molecular weight is 691 g/mol. The number of aliphatic hydroxyl groups excluding tert-OH is 1. The second-order valence-corrected chi connectivity index (χ2v) is 14.4. The molecule has 8 rings (SSSR count). The van der Waals surface area contributed by atoms with E-state index in [-0.39, 0.29) is 25.2 Å². The summed E-state index contributed by atoms with van der Waals surface area (Å²) >= 11 is 1.58. The first-order valence-corrected chi connectivity index (χ1v) is 18.4. The number of aromatic amines is 1. The molecule has 6 aromatic rings. The number of fused-ring (bicyclic) bond motifs is 6. The first kappa shape index (κ1) is 32.4. The molecule has 9 nitrogen and oxygen atoms in total. The molecule has 1 fully saturated rings. The maximum Gasteiger partial charge on any atom is 0.251 e. The second kappa shape index (κ2) is 13.8. The minimum atomic E-state index is -0.346. The van der Waals surface area contributed by atoms with Crippen molar-refractivity contribution in [1.29, 1.82) is 0 Å². The van der Waals surface area contributed by atoms with Crippen molar-refractivity contribution < 1.29 is 24.1 Å². The van der Waals surface area contributed by atoms with Crippen LogP contribution in [0, 0.1) is 6.92 Å². The number of H-pyrrole nitrogens is 1. The maximum atomic E-state index is 14.2. The van der Waals surface area contributed by atoms with Gasteiger partial charge in [0.1, 0.15) is 30.5 Å². The molecular weight excluding hydrogens is 649 g/mol. The Labute approximate surface area is 295 Å². The van der Waals surface area contributed by atoms with Gasteiger partial charge in [-0.25, -0.2) is 4.98 Å². The van der Waals surface area contributed by atoms with E-state index in [1.807, 2.05) is 54.9 Å². The number of ether oxygens (including phenoxy) is 3. The summed E-state index contributed by atoms with van der Waals surface area (Å²) in [4.78, 5) is 22.4. The van der Waals surface area contributed by atoms with E-state index in [4.69, 9.17) is 19.2 Å². The van der Waals surface area contributed by atoms with Gasteiger partial charge in [-0.2, -0.15) is 0 Å². The summed E-state index contributed by atoms with van der Waals surface area (Å²) in [5.41, 5.74) is 8.20. The lowest BCUT2D eigenvalue weighted by atomic mass is 9.81. The highest BCUT2D eigenvalue weighted by Crippen LogP contribution is 2.48. The second-order valence-electron chi connectivity index (χ2n) is 13.3. The summed E-state index contributed by atoms with van der Waals surface area (Å²) < 4.78 is 19.9. The summed E-state index contributed by atoms with van der Waals surface area (Å²) in [5, 5.41) is 17.8. The zero-order chi connectivity index (χ0) is 34.2. The number of methoxy groups -OCH3 is 1. The van der Waals surface area contributed by atoms with Crippen LogP contribution in [-0.4, -0.2) is 52.5 Å². The van der Waals surface area contributed by atoms with E-state index >= 15 is 0 Å². The molecule has 4 heterocycles. The molecule has 1 aliphatic heterocycles. The van der Waals surface area contributed by atoms with Crippen molar-refractivity contribution in [2.24, 2.45) is 0 Å². The van der Waals surface area contributed by atoms with Crippen molar-refractivity contribution in [3.8, 4) is 28.5 Å². The van der Waals surface area contributed by atoms with Crippen molar-refractivity contribution in [2.75, 3.05) is 26.9 Å². The fourth-order valence-electron chi connectivity index (χ4n) is 7.85. The normalized spacial score (nSPS) is 15.3. The smallest absolute Gasteiger partial charge is 0.251 e.